The Kier molecular flexibility index (Phi) is 6.00. The zero-order valence-electron chi connectivity index (χ0n) is 13.7. The summed E-state index contributed by atoms with van der Waals surface area (Å²) in [6.07, 6.45) is 0. The molecule has 0 saturated carbocycles. The number of carbonyl (C=O) groups is 1. The maximum absolute atomic E-state index is 12.0. The molecule has 122 valence electrons. The fraction of sp³-hybridized carbons (Fsp3) is 0.278. The molecule has 0 atom stereocenters. The van der Waals surface area contributed by atoms with Crippen LogP contribution in [-0.4, -0.2) is 38.2 Å². The summed E-state index contributed by atoms with van der Waals surface area (Å²) in [7, 11) is 3.34. The number of nitrogens with zero attached hydrogens (tertiary/aromatic N) is 1. The number of nitrogens with one attached hydrogen (secondary N) is 1. The SMILES string of the molecule is COCCN(C)C(=O)Nc1ccc(Oc2ccc(C)cc2)cc1. The molecular formula is C18H22N2O3. The fourth-order valence-electron chi connectivity index (χ4n) is 1.90. The molecule has 0 aliphatic heterocycles. The third-order valence-corrected chi connectivity index (χ3v) is 3.34. The van der Waals surface area contributed by atoms with Crippen LogP contribution >= 0.6 is 0 Å². The fourth-order valence-corrected chi connectivity index (χ4v) is 1.90. The highest BCUT2D eigenvalue weighted by molar-refractivity contribution is 5.89. The zero-order valence-corrected chi connectivity index (χ0v) is 13.7. The van der Waals surface area contributed by atoms with Gasteiger partial charge in [-0.2, -0.15) is 0 Å². The molecule has 0 aromatic heterocycles. The lowest BCUT2D eigenvalue weighted by Gasteiger charge is -2.17. The Morgan fingerprint density at radius 3 is 2.17 bits per heavy atom. The van der Waals surface area contributed by atoms with Crippen LogP contribution in [0.15, 0.2) is 48.5 Å². The highest BCUT2D eigenvalue weighted by Crippen LogP contribution is 2.23. The summed E-state index contributed by atoms with van der Waals surface area (Å²) in [5.41, 5.74) is 1.91. The third kappa shape index (κ3) is 5.30. The molecule has 0 aliphatic rings. The van der Waals surface area contributed by atoms with Crippen molar-refractivity contribution >= 4 is 11.7 Å². The molecule has 23 heavy (non-hydrogen) atoms. The maximum Gasteiger partial charge on any atom is 0.321 e. The molecule has 0 bridgehead atoms. The number of benzene rings is 2. The molecule has 0 saturated heterocycles. The zero-order chi connectivity index (χ0) is 16.7. The number of ether oxygens (including phenoxy) is 2. The molecule has 0 aliphatic carbocycles. The molecule has 1 N–H and O–H groups in total. The Bertz CT molecular complexity index is 624. The number of rotatable bonds is 6. The van der Waals surface area contributed by atoms with Gasteiger partial charge in [0.05, 0.1) is 6.61 Å². The molecule has 0 heterocycles. The van der Waals surface area contributed by atoms with Crippen LogP contribution in [0.3, 0.4) is 0 Å². The van der Waals surface area contributed by atoms with Crippen molar-refractivity contribution in [2.24, 2.45) is 0 Å². The number of likely N-dealkylation sites (N-methyl/N-ethyl adjacent to an activating group) is 1. The van der Waals surface area contributed by atoms with Crippen LogP contribution in [-0.2, 0) is 4.74 Å². The minimum absolute atomic E-state index is 0.172. The van der Waals surface area contributed by atoms with Crippen LogP contribution in [0, 0.1) is 6.92 Å². The van der Waals surface area contributed by atoms with Crippen molar-refractivity contribution in [3.05, 3.63) is 54.1 Å². The molecular weight excluding hydrogens is 292 g/mol. The predicted molar refractivity (Wildman–Crippen MR) is 91.2 cm³/mol. The van der Waals surface area contributed by atoms with E-state index < -0.39 is 0 Å². The highest BCUT2D eigenvalue weighted by atomic mass is 16.5. The summed E-state index contributed by atoms with van der Waals surface area (Å²) >= 11 is 0. The summed E-state index contributed by atoms with van der Waals surface area (Å²) in [4.78, 5) is 13.5. The first kappa shape index (κ1) is 16.8. The lowest BCUT2D eigenvalue weighted by Crippen LogP contribution is -2.33. The van der Waals surface area contributed by atoms with Gasteiger partial charge >= 0.3 is 6.03 Å². The smallest absolute Gasteiger partial charge is 0.321 e. The molecule has 5 heteroatoms. The molecule has 2 aromatic carbocycles. The average molecular weight is 314 g/mol. The summed E-state index contributed by atoms with van der Waals surface area (Å²) in [6, 6.07) is 15.0. The number of anilines is 1. The Labute approximate surface area is 136 Å². The van der Waals surface area contributed by atoms with Gasteiger partial charge in [-0.1, -0.05) is 17.7 Å². The standard InChI is InChI=1S/C18H22N2O3/c1-14-4-8-16(9-5-14)23-17-10-6-15(7-11-17)19-18(21)20(2)12-13-22-3/h4-11H,12-13H2,1-3H3,(H,19,21). The van der Waals surface area contributed by atoms with Crippen LogP contribution in [0.1, 0.15) is 5.56 Å². The van der Waals surface area contributed by atoms with Crippen LogP contribution in [0.4, 0.5) is 10.5 Å². The molecule has 2 aromatic rings. The number of methoxy groups -OCH3 is 1. The van der Waals surface area contributed by atoms with Gasteiger partial charge in [0.15, 0.2) is 0 Å². The van der Waals surface area contributed by atoms with E-state index in [1.807, 2.05) is 55.5 Å². The number of hydrogen-bond donors (Lipinski definition) is 1. The lowest BCUT2D eigenvalue weighted by molar-refractivity contribution is 0.165. The summed E-state index contributed by atoms with van der Waals surface area (Å²) < 4.78 is 10.7. The summed E-state index contributed by atoms with van der Waals surface area (Å²) in [5, 5.41) is 2.83. The van der Waals surface area contributed by atoms with E-state index in [1.54, 1.807) is 19.1 Å². The van der Waals surface area contributed by atoms with Gasteiger partial charge in [0, 0.05) is 26.4 Å². The molecule has 2 amide bonds. The predicted octanol–water partition coefficient (Wildman–Crippen LogP) is 3.90. The van der Waals surface area contributed by atoms with Gasteiger partial charge in [-0.25, -0.2) is 4.79 Å². The minimum atomic E-state index is -0.172. The number of aryl methyl sites for hydroxylation is 1. The van der Waals surface area contributed by atoms with E-state index in [-0.39, 0.29) is 6.03 Å². The Hall–Kier alpha value is -2.53. The Morgan fingerprint density at radius 1 is 1.04 bits per heavy atom. The highest BCUT2D eigenvalue weighted by Gasteiger charge is 2.08. The molecule has 0 radical (unpaired) electrons. The maximum atomic E-state index is 12.0. The Morgan fingerprint density at radius 2 is 1.61 bits per heavy atom. The van der Waals surface area contributed by atoms with Crippen molar-refractivity contribution in [2.45, 2.75) is 6.92 Å². The number of urea groups is 1. The average Bonchev–Trinajstić information content (AvgIpc) is 2.56. The number of hydrogen-bond acceptors (Lipinski definition) is 3. The first-order valence-corrected chi connectivity index (χ1v) is 7.44. The van der Waals surface area contributed by atoms with E-state index >= 15 is 0 Å². The van der Waals surface area contributed by atoms with Crippen LogP contribution in [0.25, 0.3) is 0 Å². The van der Waals surface area contributed by atoms with Gasteiger partial charge < -0.3 is 19.7 Å². The first-order valence-electron chi connectivity index (χ1n) is 7.44. The van der Waals surface area contributed by atoms with Crippen molar-refractivity contribution in [1.82, 2.24) is 4.90 Å². The second-order valence-electron chi connectivity index (χ2n) is 5.28. The second-order valence-corrected chi connectivity index (χ2v) is 5.28. The van der Waals surface area contributed by atoms with Crippen molar-refractivity contribution < 1.29 is 14.3 Å². The molecule has 0 unspecified atom stereocenters. The van der Waals surface area contributed by atoms with Crippen molar-refractivity contribution in [3.63, 3.8) is 0 Å². The van der Waals surface area contributed by atoms with Crippen LogP contribution in [0.5, 0.6) is 11.5 Å². The molecule has 0 fully saturated rings. The molecule has 2 rings (SSSR count). The van der Waals surface area contributed by atoms with Gasteiger partial charge in [-0.15, -0.1) is 0 Å². The quantitative estimate of drug-likeness (QED) is 0.880. The van der Waals surface area contributed by atoms with Gasteiger partial charge in [0.1, 0.15) is 11.5 Å². The normalized spacial score (nSPS) is 10.2. The monoisotopic (exact) mass is 314 g/mol. The Balaban J connectivity index is 1.91. The van der Waals surface area contributed by atoms with E-state index in [1.165, 1.54) is 5.56 Å². The first-order chi connectivity index (χ1) is 11.1. The van der Waals surface area contributed by atoms with Gasteiger partial charge in [-0.05, 0) is 43.3 Å². The minimum Gasteiger partial charge on any atom is -0.457 e. The summed E-state index contributed by atoms with van der Waals surface area (Å²) in [6.45, 7) is 3.08. The van der Waals surface area contributed by atoms with E-state index in [0.717, 1.165) is 17.2 Å². The van der Waals surface area contributed by atoms with Crippen LogP contribution in [0.2, 0.25) is 0 Å². The van der Waals surface area contributed by atoms with Gasteiger partial charge in [0.25, 0.3) is 0 Å². The molecule has 0 spiro atoms. The van der Waals surface area contributed by atoms with Gasteiger partial charge in [0.2, 0.25) is 0 Å². The van der Waals surface area contributed by atoms with E-state index in [4.69, 9.17) is 9.47 Å². The van der Waals surface area contributed by atoms with E-state index in [9.17, 15) is 4.79 Å². The van der Waals surface area contributed by atoms with Crippen molar-refractivity contribution in [2.75, 3.05) is 32.6 Å². The van der Waals surface area contributed by atoms with Crippen molar-refractivity contribution in [3.8, 4) is 11.5 Å². The van der Waals surface area contributed by atoms with Crippen molar-refractivity contribution in [1.29, 1.82) is 0 Å². The second kappa shape index (κ2) is 8.19. The topological polar surface area (TPSA) is 50.8 Å². The molecule has 5 nitrogen and oxygen atoms in total. The van der Waals surface area contributed by atoms with E-state index in [2.05, 4.69) is 5.32 Å². The largest absolute Gasteiger partial charge is 0.457 e. The van der Waals surface area contributed by atoms with Gasteiger partial charge in [-0.3, -0.25) is 0 Å². The number of carbonyl (C=O) groups excluding carboxylic acids is 1. The summed E-state index contributed by atoms with van der Waals surface area (Å²) in [5.74, 6) is 1.51. The lowest BCUT2D eigenvalue weighted by atomic mass is 10.2. The van der Waals surface area contributed by atoms with Crippen LogP contribution < -0.4 is 10.1 Å². The number of amides is 2. The van der Waals surface area contributed by atoms with E-state index in [0.29, 0.717) is 13.2 Å². The third-order valence-electron chi connectivity index (χ3n) is 3.34.